The molecule has 4 heteroatoms. The summed E-state index contributed by atoms with van der Waals surface area (Å²) >= 11 is 0. The molecule has 4 nitrogen and oxygen atoms in total. The van der Waals surface area contributed by atoms with Crippen molar-refractivity contribution in [2.45, 2.75) is 25.8 Å². The number of hydrogen-bond acceptors (Lipinski definition) is 4. The second-order valence-electron chi connectivity index (χ2n) is 3.90. The molecule has 0 radical (unpaired) electrons. The standard InChI is InChI=1S/C10H16N2O2/c1-7-4-12-10(14-7)9-3-2-8(6-13)5-11-9/h4,8-9,11,13H,2-3,5-6H2,1H3. The van der Waals surface area contributed by atoms with E-state index in [9.17, 15) is 0 Å². The topological polar surface area (TPSA) is 58.3 Å². The number of aliphatic hydroxyl groups excluding tert-OH is 1. The summed E-state index contributed by atoms with van der Waals surface area (Å²) in [4.78, 5) is 4.20. The Labute approximate surface area is 83.3 Å². The fraction of sp³-hybridized carbons (Fsp3) is 0.700. The highest BCUT2D eigenvalue weighted by Crippen LogP contribution is 2.24. The normalized spacial score (nSPS) is 27.9. The average molecular weight is 196 g/mol. The Balaban J connectivity index is 1.95. The van der Waals surface area contributed by atoms with Crippen LogP contribution in [0.5, 0.6) is 0 Å². The van der Waals surface area contributed by atoms with Crippen molar-refractivity contribution in [2.24, 2.45) is 5.92 Å². The molecule has 0 spiro atoms. The van der Waals surface area contributed by atoms with Crippen molar-refractivity contribution in [1.82, 2.24) is 10.3 Å². The Bertz CT molecular complexity index is 290. The van der Waals surface area contributed by atoms with Crippen LogP contribution in [0.4, 0.5) is 0 Å². The van der Waals surface area contributed by atoms with Gasteiger partial charge in [-0.3, -0.25) is 0 Å². The summed E-state index contributed by atoms with van der Waals surface area (Å²) < 4.78 is 5.46. The summed E-state index contributed by atoms with van der Waals surface area (Å²) in [5, 5.41) is 12.3. The summed E-state index contributed by atoms with van der Waals surface area (Å²) in [6.45, 7) is 3.02. The smallest absolute Gasteiger partial charge is 0.211 e. The van der Waals surface area contributed by atoms with Gasteiger partial charge >= 0.3 is 0 Å². The van der Waals surface area contributed by atoms with Crippen LogP contribution < -0.4 is 5.32 Å². The highest BCUT2D eigenvalue weighted by molar-refractivity contribution is 4.97. The first kappa shape index (κ1) is 9.68. The van der Waals surface area contributed by atoms with Crippen molar-refractivity contribution in [3.05, 3.63) is 17.8 Å². The lowest BCUT2D eigenvalue weighted by Crippen LogP contribution is -2.34. The maximum Gasteiger partial charge on any atom is 0.211 e. The van der Waals surface area contributed by atoms with Crippen molar-refractivity contribution >= 4 is 0 Å². The van der Waals surface area contributed by atoms with Gasteiger partial charge in [0.2, 0.25) is 5.89 Å². The molecule has 2 unspecified atom stereocenters. The Morgan fingerprint density at radius 1 is 1.64 bits per heavy atom. The van der Waals surface area contributed by atoms with Crippen LogP contribution in [0.1, 0.15) is 30.5 Å². The molecule has 0 aromatic carbocycles. The Kier molecular flexibility index (Phi) is 2.84. The molecule has 0 aliphatic carbocycles. The second kappa shape index (κ2) is 4.11. The fourth-order valence-electron chi connectivity index (χ4n) is 1.82. The second-order valence-corrected chi connectivity index (χ2v) is 3.90. The van der Waals surface area contributed by atoms with Gasteiger partial charge in [0.1, 0.15) is 5.76 Å². The molecule has 1 aromatic rings. The lowest BCUT2D eigenvalue weighted by Gasteiger charge is -2.26. The summed E-state index contributed by atoms with van der Waals surface area (Å²) in [6.07, 6.45) is 3.77. The molecule has 0 bridgehead atoms. The minimum absolute atomic E-state index is 0.228. The van der Waals surface area contributed by atoms with Gasteiger partial charge in [-0.15, -0.1) is 0 Å². The van der Waals surface area contributed by atoms with Gasteiger partial charge in [-0.1, -0.05) is 0 Å². The first-order valence-electron chi connectivity index (χ1n) is 5.06. The van der Waals surface area contributed by atoms with Crippen LogP contribution in [-0.4, -0.2) is 23.2 Å². The Morgan fingerprint density at radius 2 is 2.50 bits per heavy atom. The van der Waals surface area contributed by atoms with E-state index in [0.717, 1.165) is 31.0 Å². The molecule has 0 saturated carbocycles. The van der Waals surface area contributed by atoms with E-state index in [4.69, 9.17) is 9.52 Å². The number of nitrogens with one attached hydrogen (secondary N) is 1. The van der Waals surface area contributed by atoms with Crippen LogP contribution in [0, 0.1) is 12.8 Å². The van der Waals surface area contributed by atoms with E-state index in [1.165, 1.54) is 0 Å². The summed E-state index contributed by atoms with van der Waals surface area (Å²) in [7, 11) is 0. The van der Waals surface area contributed by atoms with Crippen LogP contribution in [0.2, 0.25) is 0 Å². The van der Waals surface area contributed by atoms with Gasteiger partial charge in [-0.05, 0) is 25.7 Å². The number of rotatable bonds is 2. The Hall–Kier alpha value is -0.870. The maximum absolute atomic E-state index is 8.97. The Morgan fingerprint density at radius 3 is 3.00 bits per heavy atom. The van der Waals surface area contributed by atoms with Gasteiger partial charge in [0, 0.05) is 13.2 Å². The lowest BCUT2D eigenvalue weighted by atomic mass is 9.95. The summed E-state index contributed by atoms with van der Waals surface area (Å²) in [5.41, 5.74) is 0. The molecule has 1 aromatic heterocycles. The third-order valence-corrected chi connectivity index (χ3v) is 2.71. The molecule has 0 amide bonds. The lowest BCUT2D eigenvalue weighted by molar-refractivity contribution is 0.176. The number of piperidine rings is 1. The van der Waals surface area contributed by atoms with Gasteiger partial charge in [-0.2, -0.15) is 0 Å². The number of oxazole rings is 1. The SMILES string of the molecule is Cc1cnc(C2CCC(CO)CN2)o1. The van der Waals surface area contributed by atoms with Crippen LogP contribution in [0.25, 0.3) is 0 Å². The minimum Gasteiger partial charge on any atom is -0.444 e. The number of aromatic nitrogens is 1. The summed E-state index contributed by atoms with van der Waals surface area (Å²) in [5.74, 6) is 2.02. The zero-order chi connectivity index (χ0) is 9.97. The van der Waals surface area contributed by atoms with Gasteiger partial charge < -0.3 is 14.8 Å². The molecule has 2 N–H and O–H groups in total. The van der Waals surface area contributed by atoms with E-state index < -0.39 is 0 Å². The molecule has 1 fully saturated rings. The molecule has 1 saturated heterocycles. The van der Waals surface area contributed by atoms with Crippen LogP contribution >= 0.6 is 0 Å². The first-order valence-corrected chi connectivity index (χ1v) is 5.06. The van der Waals surface area contributed by atoms with E-state index in [1.54, 1.807) is 6.20 Å². The van der Waals surface area contributed by atoms with Crippen LogP contribution in [0.15, 0.2) is 10.6 Å². The van der Waals surface area contributed by atoms with Gasteiger partial charge in [-0.25, -0.2) is 4.98 Å². The van der Waals surface area contributed by atoms with E-state index in [-0.39, 0.29) is 12.6 Å². The molecule has 2 rings (SSSR count). The highest BCUT2D eigenvalue weighted by atomic mass is 16.4. The largest absolute Gasteiger partial charge is 0.444 e. The fourth-order valence-corrected chi connectivity index (χ4v) is 1.82. The molecule has 1 aliphatic rings. The predicted octanol–water partition coefficient (Wildman–Crippen LogP) is 1.02. The molecule has 14 heavy (non-hydrogen) atoms. The molecular weight excluding hydrogens is 180 g/mol. The zero-order valence-electron chi connectivity index (χ0n) is 8.36. The van der Waals surface area contributed by atoms with Crippen molar-refractivity contribution in [1.29, 1.82) is 0 Å². The zero-order valence-corrected chi connectivity index (χ0v) is 8.36. The van der Waals surface area contributed by atoms with E-state index in [0.29, 0.717) is 5.92 Å². The molecule has 2 heterocycles. The first-order chi connectivity index (χ1) is 6.79. The van der Waals surface area contributed by atoms with Crippen molar-refractivity contribution in [3.63, 3.8) is 0 Å². The van der Waals surface area contributed by atoms with Crippen molar-refractivity contribution in [3.8, 4) is 0 Å². The van der Waals surface area contributed by atoms with Crippen molar-refractivity contribution < 1.29 is 9.52 Å². The molecular formula is C10H16N2O2. The maximum atomic E-state index is 8.97. The number of hydrogen-bond donors (Lipinski definition) is 2. The van der Waals surface area contributed by atoms with Crippen LogP contribution in [0.3, 0.4) is 0 Å². The quantitative estimate of drug-likeness (QED) is 0.741. The van der Waals surface area contributed by atoms with Crippen LogP contribution in [-0.2, 0) is 0 Å². The predicted molar refractivity (Wildman–Crippen MR) is 51.8 cm³/mol. The van der Waals surface area contributed by atoms with Gasteiger partial charge in [0.05, 0.1) is 12.2 Å². The number of nitrogens with zero attached hydrogens (tertiary/aromatic N) is 1. The average Bonchev–Trinajstić information content (AvgIpc) is 2.65. The van der Waals surface area contributed by atoms with Gasteiger partial charge in [0.15, 0.2) is 0 Å². The number of aryl methyl sites for hydroxylation is 1. The highest BCUT2D eigenvalue weighted by Gasteiger charge is 2.24. The molecule has 1 aliphatic heterocycles. The van der Waals surface area contributed by atoms with E-state index in [2.05, 4.69) is 10.3 Å². The third-order valence-electron chi connectivity index (χ3n) is 2.71. The monoisotopic (exact) mass is 196 g/mol. The van der Waals surface area contributed by atoms with Gasteiger partial charge in [0.25, 0.3) is 0 Å². The molecule has 78 valence electrons. The minimum atomic E-state index is 0.228. The van der Waals surface area contributed by atoms with Crippen molar-refractivity contribution in [2.75, 3.05) is 13.2 Å². The summed E-state index contributed by atoms with van der Waals surface area (Å²) in [6, 6.07) is 0.228. The number of aliphatic hydroxyl groups is 1. The van der Waals surface area contributed by atoms with E-state index >= 15 is 0 Å². The van der Waals surface area contributed by atoms with E-state index in [1.807, 2.05) is 6.92 Å². The molecule has 2 atom stereocenters. The third kappa shape index (κ3) is 1.96.